The molecule has 0 saturated heterocycles. The SMILES string of the molecule is COCc1cc(C(C)(C)C)cc(C)c1Br. The Morgan fingerprint density at radius 2 is 1.87 bits per heavy atom. The molecule has 1 rings (SSSR count). The Morgan fingerprint density at radius 3 is 2.33 bits per heavy atom. The molecule has 0 fully saturated rings. The van der Waals surface area contributed by atoms with Gasteiger partial charge in [0.05, 0.1) is 6.61 Å². The van der Waals surface area contributed by atoms with Crippen LogP contribution in [-0.4, -0.2) is 7.11 Å². The molecule has 0 N–H and O–H groups in total. The van der Waals surface area contributed by atoms with Crippen molar-refractivity contribution in [2.24, 2.45) is 0 Å². The third-order valence-corrected chi connectivity index (χ3v) is 3.63. The molecular formula is C13H19BrO. The lowest BCUT2D eigenvalue weighted by Gasteiger charge is -2.21. The van der Waals surface area contributed by atoms with E-state index in [0.717, 1.165) is 4.47 Å². The van der Waals surface area contributed by atoms with Gasteiger partial charge in [0.2, 0.25) is 0 Å². The lowest BCUT2D eigenvalue weighted by molar-refractivity contribution is 0.184. The molecule has 15 heavy (non-hydrogen) atoms. The Hall–Kier alpha value is -0.340. The minimum atomic E-state index is 0.188. The molecule has 0 radical (unpaired) electrons. The predicted octanol–water partition coefficient (Wildman–Crippen LogP) is 4.20. The van der Waals surface area contributed by atoms with Crippen molar-refractivity contribution in [1.82, 2.24) is 0 Å². The Bertz CT molecular complexity index is 350. The summed E-state index contributed by atoms with van der Waals surface area (Å²) >= 11 is 3.60. The first-order valence-electron chi connectivity index (χ1n) is 5.14. The first-order valence-corrected chi connectivity index (χ1v) is 5.94. The fourth-order valence-corrected chi connectivity index (χ4v) is 1.88. The van der Waals surface area contributed by atoms with Gasteiger partial charge in [0.25, 0.3) is 0 Å². The molecule has 0 aliphatic rings. The maximum absolute atomic E-state index is 5.20. The molecule has 0 aliphatic heterocycles. The highest BCUT2D eigenvalue weighted by atomic mass is 79.9. The van der Waals surface area contributed by atoms with Crippen LogP contribution in [0.25, 0.3) is 0 Å². The van der Waals surface area contributed by atoms with Crippen molar-refractivity contribution in [3.8, 4) is 0 Å². The van der Waals surface area contributed by atoms with E-state index in [1.54, 1.807) is 7.11 Å². The van der Waals surface area contributed by atoms with Crippen LogP contribution in [0, 0.1) is 6.92 Å². The maximum Gasteiger partial charge on any atom is 0.0724 e. The van der Waals surface area contributed by atoms with Gasteiger partial charge in [-0.15, -0.1) is 0 Å². The smallest absolute Gasteiger partial charge is 0.0724 e. The van der Waals surface area contributed by atoms with Crippen LogP contribution < -0.4 is 0 Å². The Morgan fingerprint density at radius 1 is 1.27 bits per heavy atom. The van der Waals surface area contributed by atoms with E-state index in [2.05, 4.69) is 55.8 Å². The molecule has 0 aromatic heterocycles. The summed E-state index contributed by atoms with van der Waals surface area (Å²) in [5, 5.41) is 0. The normalized spacial score (nSPS) is 11.9. The third kappa shape index (κ3) is 3.05. The third-order valence-electron chi connectivity index (χ3n) is 2.50. The zero-order valence-corrected chi connectivity index (χ0v) is 11.7. The second kappa shape index (κ2) is 4.67. The van der Waals surface area contributed by atoms with Crippen LogP contribution in [0.4, 0.5) is 0 Å². The van der Waals surface area contributed by atoms with Gasteiger partial charge in [-0.25, -0.2) is 0 Å². The van der Waals surface area contributed by atoms with Gasteiger partial charge in [0, 0.05) is 11.6 Å². The monoisotopic (exact) mass is 270 g/mol. The van der Waals surface area contributed by atoms with E-state index in [1.165, 1.54) is 16.7 Å². The van der Waals surface area contributed by atoms with Crippen LogP contribution in [0.5, 0.6) is 0 Å². The van der Waals surface area contributed by atoms with Crippen LogP contribution in [-0.2, 0) is 16.8 Å². The molecule has 1 aromatic rings. The second-order valence-corrected chi connectivity index (χ2v) is 5.74. The summed E-state index contributed by atoms with van der Waals surface area (Å²) in [6.45, 7) is 9.47. The topological polar surface area (TPSA) is 9.23 Å². The van der Waals surface area contributed by atoms with Crippen molar-refractivity contribution in [3.05, 3.63) is 33.3 Å². The number of hydrogen-bond acceptors (Lipinski definition) is 1. The van der Waals surface area contributed by atoms with Crippen molar-refractivity contribution < 1.29 is 4.74 Å². The molecule has 0 unspecified atom stereocenters. The van der Waals surface area contributed by atoms with E-state index < -0.39 is 0 Å². The minimum Gasteiger partial charge on any atom is -0.380 e. The standard InChI is InChI=1S/C13H19BrO/c1-9-6-11(13(2,3)4)7-10(8-15-5)12(9)14/h6-7H,8H2,1-5H3. The number of methoxy groups -OCH3 is 1. The van der Waals surface area contributed by atoms with Gasteiger partial charge in [-0.1, -0.05) is 48.8 Å². The van der Waals surface area contributed by atoms with Gasteiger partial charge < -0.3 is 4.74 Å². The number of ether oxygens (including phenoxy) is 1. The summed E-state index contributed by atoms with van der Waals surface area (Å²) < 4.78 is 6.37. The first kappa shape index (κ1) is 12.7. The van der Waals surface area contributed by atoms with E-state index in [-0.39, 0.29) is 5.41 Å². The van der Waals surface area contributed by atoms with E-state index in [0.29, 0.717) is 6.61 Å². The molecule has 1 nitrogen and oxygen atoms in total. The van der Waals surface area contributed by atoms with Gasteiger partial charge in [0.1, 0.15) is 0 Å². The Balaban J connectivity index is 3.23. The molecule has 0 aliphatic carbocycles. The van der Waals surface area contributed by atoms with E-state index in [9.17, 15) is 0 Å². The van der Waals surface area contributed by atoms with Gasteiger partial charge in [0.15, 0.2) is 0 Å². The van der Waals surface area contributed by atoms with Crippen LogP contribution in [0.1, 0.15) is 37.5 Å². The molecule has 0 bridgehead atoms. The highest BCUT2D eigenvalue weighted by Crippen LogP contribution is 2.30. The molecule has 2 heteroatoms. The highest BCUT2D eigenvalue weighted by molar-refractivity contribution is 9.10. The van der Waals surface area contributed by atoms with Gasteiger partial charge in [-0.2, -0.15) is 0 Å². The number of hydrogen-bond donors (Lipinski definition) is 0. The summed E-state index contributed by atoms with van der Waals surface area (Å²) in [6, 6.07) is 4.46. The molecule has 0 saturated carbocycles. The van der Waals surface area contributed by atoms with Crippen molar-refractivity contribution >= 4 is 15.9 Å². The lowest BCUT2D eigenvalue weighted by atomic mass is 9.85. The molecule has 0 spiro atoms. The summed E-state index contributed by atoms with van der Waals surface area (Å²) in [6.07, 6.45) is 0. The summed E-state index contributed by atoms with van der Waals surface area (Å²) in [5.74, 6) is 0. The fraction of sp³-hybridized carbons (Fsp3) is 0.538. The van der Waals surface area contributed by atoms with Crippen molar-refractivity contribution in [2.75, 3.05) is 7.11 Å². The number of aryl methyl sites for hydroxylation is 1. The first-order chi connectivity index (χ1) is 6.86. The second-order valence-electron chi connectivity index (χ2n) is 4.95. The van der Waals surface area contributed by atoms with E-state index in [1.807, 2.05) is 0 Å². The van der Waals surface area contributed by atoms with Crippen LogP contribution >= 0.6 is 15.9 Å². The van der Waals surface area contributed by atoms with E-state index in [4.69, 9.17) is 4.74 Å². The average molecular weight is 271 g/mol. The molecule has 0 heterocycles. The van der Waals surface area contributed by atoms with Crippen LogP contribution in [0.3, 0.4) is 0 Å². The molecule has 1 aromatic carbocycles. The zero-order chi connectivity index (χ0) is 11.6. The fourth-order valence-electron chi connectivity index (χ4n) is 1.54. The number of benzene rings is 1. The molecular weight excluding hydrogens is 252 g/mol. The van der Waals surface area contributed by atoms with Gasteiger partial charge >= 0.3 is 0 Å². The Kier molecular flexibility index (Phi) is 3.96. The lowest BCUT2D eigenvalue weighted by Crippen LogP contribution is -2.12. The van der Waals surface area contributed by atoms with Crippen molar-refractivity contribution in [2.45, 2.75) is 39.7 Å². The summed E-state index contributed by atoms with van der Waals surface area (Å²) in [5.41, 5.74) is 4.04. The maximum atomic E-state index is 5.20. The van der Waals surface area contributed by atoms with Crippen LogP contribution in [0.15, 0.2) is 16.6 Å². The van der Waals surface area contributed by atoms with Gasteiger partial charge in [-0.05, 0) is 29.0 Å². The average Bonchev–Trinajstić information content (AvgIpc) is 2.11. The minimum absolute atomic E-state index is 0.188. The quantitative estimate of drug-likeness (QED) is 0.783. The summed E-state index contributed by atoms with van der Waals surface area (Å²) in [4.78, 5) is 0. The predicted molar refractivity (Wildman–Crippen MR) is 68.3 cm³/mol. The van der Waals surface area contributed by atoms with Gasteiger partial charge in [-0.3, -0.25) is 0 Å². The van der Waals surface area contributed by atoms with Crippen molar-refractivity contribution in [3.63, 3.8) is 0 Å². The molecule has 0 atom stereocenters. The highest BCUT2D eigenvalue weighted by Gasteiger charge is 2.16. The van der Waals surface area contributed by atoms with E-state index >= 15 is 0 Å². The molecule has 0 amide bonds. The zero-order valence-electron chi connectivity index (χ0n) is 10.1. The number of rotatable bonds is 2. The number of halogens is 1. The Labute approximate surface area is 101 Å². The van der Waals surface area contributed by atoms with Crippen molar-refractivity contribution in [1.29, 1.82) is 0 Å². The molecule has 84 valence electrons. The summed E-state index contributed by atoms with van der Waals surface area (Å²) in [7, 11) is 1.73. The van der Waals surface area contributed by atoms with Crippen LogP contribution in [0.2, 0.25) is 0 Å². The largest absolute Gasteiger partial charge is 0.380 e.